The summed E-state index contributed by atoms with van der Waals surface area (Å²) >= 11 is 1.51. The normalized spacial score (nSPS) is 16.2. The monoisotopic (exact) mass is 303 g/mol. The number of nitrogens with zero attached hydrogens (tertiary/aromatic N) is 1. The van der Waals surface area contributed by atoms with Gasteiger partial charge in [-0.3, -0.25) is 4.79 Å². The second kappa shape index (κ2) is 6.03. The summed E-state index contributed by atoms with van der Waals surface area (Å²) in [6, 6.07) is 8.28. The first-order valence-electron chi connectivity index (χ1n) is 7.51. The minimum absolute atomic E-state index is 0.0862. The number of rotatable bonds is 3. The zero-order chi connectivity index (χ0) is 14.8. The molecular weight excluding hydrogens is 282 g/mol. The average molecular weight is 303 g/mol. The number of hydrogen-bond acceptors (Lipinski definition) is 4. The Kier molecular flexibility index (Phi) is 4.12. The van der Waals surface area contributed by atoms with E-state index < -0.39 is 0 Å². The number of fused-ring (bicyclic) bond motifs is 1. The molecule has 0 spiro atoms. The molecule has 2 aromatic rings. The molecular formula is C16H21N3OS. The highest BCUT2D eigenvalue weighted by molar-refractivity contribution is 7.21. The molecule has 1 aromatic carbocycles. The fraction of sp³-hybridized carbons (Fsp3) is 0.438. The van der Waals surface area contributed by atoms with E-state index in [2.05, 4.69) is 5.32 Å². The lowest BCUT2D eigenvalue weighted by atomic mass is 10.0. The third kappa shape index (κ3) is 2.63. The van der Waals surface area contributed by atoms with Gasteiger partial charge in [-0.2, -0.15) is 0 Å². The minimum Gasteiger partial charge on any atom is -0.397 e. The Bertz CT molecular complexity index is 646. The number of carbonyl (C=O) groups is 1. The summed E-state index contributed by atoms with van der Waals surface area (Å²) in [7, 11) is 0. The topological polar surface area (TPSA) is 58.4 Å². The van der Waals surface area contributed by atoms with Crippen LogP contribution in [0.1, 0.15) is 29.4 Å². The molecule has 1 saturated heterocycles. The highest BCUT2D eigenvalue weighted by Gasteiger charge is 2.27. The second-order valence-electron chi connectivity index (χ2n) is 5.41. The Morgan fingerprint density at radius 1 is 1.38 bits per heavy atom. The van der Waals surface area contributed by atoms with Gasteiger partial charge in [0.05, 0.1) is 5.69 Å². The number of benzene rings is 1. The SMILES string of the molecule is CCN(C(=O)c1sc2ccccc2c1N)C1CCNCC1. The summed E-state index contributed by atoms with van der Waals surface area (Å²) in [6.45, 7) is 4.74. The predicted octanol–water partition coefficient (Wildman–Crippen LogP) is 2.70. The van der Waals surface area contributed by atoms with E-state index in [4.69, 9.17) is 5.73 Å². The number of nitrogen functional groups attached to an aromatic ring is 1. The highest BCUT2D eigenvalue weighted by atomic mass is 32.1. The first-order chi connectivity index (χ1) is 10.2. The predicted molar refractivity (Wildman–Crippen MR) is 88.8 cm³/mol. The maximum Gasteiger partial charge on any atom is 0.266 e. The second-order valence-corrected chi connectivity index (χ2v) is 6.47. The Morgan fingerprint density at radius 3 is 2.76 bits per heavy atom. The molecule has 5 heteroatoms. The first-order valence-corrected chi connectivity index (χ1v) is 8.32. The summed E-state index contributed by atoms with van der Waals surface area (Å²) in [5.41, 5.74) is 6.84. The molecule has 1 fully saturated rings. The lowest BCUT2D eigenvalue weighted by molar-refractivity contribution is 0.0662. The smallest absolute Gasteiger partial charge is 0.266 e. The van der Waals surface area contributed by atoms with Gasteiger partial charge in [0.15, 0.2) is 0 Å². The summed E-state index contributed by atoms with van der Waals surface area (Å²) in [6.07, 6.45) is 2.04. The summed E-state index contributed by atoms with van der Waals surface area (Å²) in [4.78, 5) is 15.6. The molecule has 1 aliphatic rings. The molecule has 0 atom stereocenters. The van der Waals surface area contributed by atoms with Gasteiger partial charge in [0.2, 0.25) is 0 Å². The van der Waals surface area contributed by atoms with Gasteiger partial charge in [0.25, 0.3) is 5.91 Å². The van der Waals surface area contributed by atoms with Gasteiger partial charge in [-0.15, -0.1) is 11.3 Å². The van der Waals surface area contributed by atoms with Gasteiger partial charge >= 0.3 is 0 Å². The van der Waals surface area contributed by atoms with Crippen LogP contribution in [0.2, 0.25) is 0 Å². The maximum atomic E-state index is 12.9. The van der Waals surface area contributed by atoms with Crippen LogP contribution in [0.4, 0.5) is 5.69 Å². The van der Waals surface area contributed by atoms with Crippen LogP contribution in [-0.4, -0.2) is 36.5 Å². The molecule has 4 nitrogen and oxygen atoms in total. The lowest BCUT2D eigenvalue weighted by Gasteiger charge is -2.33. The lowest BCUT2D eigenvalue weighted by Crippen LogP contribution is -2.46. The van der Waals surface area contributed by atoms with E-state index in [1.165, 1.54) is 11.3 Å². The van der Waals surface area contributed by atoms with Gasteiger partial charge in [-0.25, -0.2) is 0 Å². The quantitative estimate of drug-likeness (QED) is 0.916. The number of anilines is 1. The molecule has 2 heterocycles. The van der Waals surface area contributed by atoms with Gasteiger partial charge < -0.3 is 16.0 Å². The van der Waals surface area contributed by atoms with Crippen LogP contribution in [0, 0.1) is 0 Å². The fourth-order valence-electron chi connectivity index (χ4n) is 3.04. The van der Waals surface area contributed by atoms with Crippen molar-refractivity contribution in [2.75, 3.05) is 25.4 Å². The Hall–Kier alpha value is -1.59. The number of nitrogens with two attached hydrogens (primary N) is 1. The van der Waals surface area contributed by atoms with Crippen LogP contribution in [-0.2, 0) is 0 Å². The van der Waals surface area contributed by atoms with E-state index in [-0.39, 0.29) is 5.91 Å². The zero-order valence-corrected chi connectivity index (χ0v) is 13.1. The Labute approximate surface area is 128 Å². The molecule has 1 amide bonds. The molecule has 0 unspecified atom stereocenters. The van der Waals surface area contributed by atoms with Crippen LogP contribution in [0.25, 0.3) is 10.1 Å². The standard InChI is InChI=1S/C16H21N3OS/c1-2-19(11-7-9-18-10-8-11)16(20)15-14(17)12-5-3-4-6-13(12)21-15/h3-6,11,18H,2,7-10,17H2,1H3. The first kappa shape index (κ1) is 14.4. The van der Waals surface area contributed by atoms with E-state index in [0.29, 0.717) is 16.6 Å². The van der Waals surface area contributed by atoms with E-state index in [1.807, 2.05) is 36.1 Å². The van der Waals surface area contributed by atoms with Crippen molar-refractivity contribution in [2.24, 2.45) is 0 Å². The molecule has 0 aliphatic carbocycles. The van der Waals surface area contributed by atoms with Crippen molar-refractivity contribution in [1.82, 2.24) is 10.2 Å². The number of nitrogens with one attached hydrogen (secondary N) is 1. The van der Waals surface area contributed by atoms with Crippen molar-refractivity contribution in [1.29, 1.82) is 0 Å². The fourth-order valence-corrected chi connectivity index (χ4v) is 4.12. The van der Waals surface area contributed by atoms with Gasteiger partial charge in [0, 0.05) is 22.7 Å². The summed E-state index contributed by atoms with van der Waals surface area (Å²) in [5, 5.41) is 4.34. The number of carbonyl (C=O) groups excluding carboxylic acids is 1. The van der Waals surface area contributed by atoms with Crippen molar-refractivity contribution in [3.8, 4) is 0 Å². The molecule has 112 valence electrons. The van der Waals surface area contributed by atoms with E-state index in [1.54, 1.807) is 0 Å². The number of thiophene rings is 1. The molecule has 3 rings (SSSR count). The van der Waals surface area contributed by atoms with Crippen LogP contribution in [0.3, 0.4) is 0 Å². The van der Waals surface area contributed by atoms with Crippen molar-refractivity contribution in [3.63, 3.8) is 0 Å². The van der Waals surface area contributed by atoms with Gasteiger partial charge in [-0.05, 0) is 38.9 Å². The average Bonchev–Trinajstić information content (AvgIpc) is 2.87. The third-order valence-corrected chi connectivity index (χ3v) is 5.35. The molecule has 0 bridgehead atoms. The molecule has 1 aromatic heterocycles. The van der Waals surface area contributed by atoms with E-state index in [0.717, 1.165) is 42.6 Å². The number of hydrogen-bond donors (Lipinski definition) is 2. The van der Waals surface area contributed by atoms with Crippen LogP contribution in [0.15, 0.2) is 24.3 Å². The Balaban J connectivity index is 1.92. The third-order valence-electron chi connectivity index (χ3n) is 4.18. The van der Waals surface area contributed by atoms with Crippen molar-refractivity contribution >= 4 is 33.0 Å². The van der Waals surface area contributed by atoms with E-state index >= 15 is 0 Å². The molecule has 1 aliphatic heterocycles. The van der Waals surface area contributed by atoms with Crippen LogP contribution in [0.5, 0.6) is 0 Å². The van der Waals surface area contributed by atoms with Crippen molar-refractivity contribution < 1.29 is 4.79 Å². The summed E-state index contributed by atoms with van der Waals surface area (Å²) < 4.78 is 1.08. The van der Waals surface area contributed by atoms with Crippen molar-refractivity contribution in [2.45, 2.75) is 25.8 Å². The van der Waals surface area contributed by atoms with Gasteiger partial charge in [-0.1, -0.05) is 18.2 Å². The molecule has 0 saturated carbocycles. The van der Waals surface area contributed by atoms with E-state index in [9.17, 15) is 4.79 Å². The minimum atomic E-state index is 0.0862. The largest absolute Gasteiger partial charge is 0.397 e. The summed E-state index contributed by atoms with van der Waals surface area (Å²) in [5.74, 6) is 0.0862. The zero-order valence-electron chi connectivity index (χ0n) is 12.3. The maximum absolute atomic E-state index is 12.9. The van der Waals surface area contributed by atoms with Gasteiger partial charge in [0.1, 0.15) is 4.88 Å². The van der Waals surface area contributed by atoms with Crippen LogP contribution < -0.4 is 11.1 Å². The highest BCUT2D eigenvalue weighted by Crippen LogP contribution is 2.34. The van der Waals surface area contributed by atoms with Crippen molar-refractivity contribution in [3.05, 3.63) is 29.1 Å². The molecule has 21 heavy (non-hydrogen) atoms. The molecule has 0 radical (unpaired) electrons. The van der Waals surface area contributed by atoms with Crippen LogP contribution >= 0.6 is 11.3 Å². The molecule has 3 N–H and O–H groups in total. The number of amides is 1. The number of piperidine rings is 1. The Morgan fingerprint density at radius 2 is 2.10 bits per heavy atom.